The quantitative estimate of drug-likeness (QED) is 0.927. The number of rotatable bonds is 4. The van der Waals surface area contributed by atoms with Crippen molar-refractivity contribution < 1.29 is 19.4 Å². The van der Waals surface area contributed by atoms with Crippen LogP contribution >= 0.6 is 11.6 Å². The predicted octanol–water partition coefficient (Wildman–Crippen LogP) is 2.43. The van der Waals surface area contributed by atoms with E-state index in [1.54, 1.807) is 36.1 Å². The summed E-state index contributed by atoms with van der Waals surface area (Å²) >= 11 is 5.84. The molecule has 1 aliphatic heterocycles. The smallest absolute Gasteiger partial charge is 0.311 e. The van der Waals surface area contributed by atoms with Gasteiger partial charge in [-0.1, -0.05) is 17.7 Å². The van der Waals surface area contributed by atoms with E-state index in [1.165, 1.54) is 0 Å². The van der Waals surface area contributed by atoms with E-state index in [4.69, 9.17) is 16.3 Å². The van der Waals surface area contributed by atoms with E-state index in [1.807, 2.05) is 0 Å². The summed E-state index contributed by atoms with van der Waals surface area (Å²) in [6, 6.07) is 6.81. The maximum atomic E-state index is 12.1. The molecule has 1 aromatic rings. The van der Waals surface area contributed by atoms with E-state index in [0.29, 0.717) is 30.2 Å². The molecule has 1 unspecified atom stereocenters. The zero-order chi connectivity index (χ0) is 15.5. The Labute approximate surface area is 128 Å². The predicted molar refractivity (Wildman–Crippen MR) is 78.5 cm³/mol. The van der Waals surface area contributed by atoms with Crippen LogP contribution in [0.4, 0.5) is 0 Å². The van der Waals surface area contributed by atoms with Crippen LogP contribution in [0, 0.1) is 5.41 Å². The first-order valence-corrected chi connectivity index (χ1v) is 7.18. The van der Waals surface area contributed by atoms with Crippen molar-refractivity contribution in [1.82, 2.24) is 4.90 Å². The SMILES string of the molecule is CC1(C(=O)O)CCCN(C(=O)COc2cccc(Cl)c2)C1. The number of ether oxygens (including phenoxy) is 1. The molecule has 1 heterocycles. The highest BCUT2D eigenvalue weighted by Gasteiger charge is 2.39. The number of hydrogen-bond acceptors (Lipinski definition) is 3. The number of likely N-dealkylation sites (tertiary alicyclic amines) is 1. The Morgan fingerprint density at radius 2 is 2.24 bits per heavy atom. The molecule has 5 nitrogen and oxygen atoms in total. The molecule has 0 aromatic heterocycles. The minimum absolute atomic E-state index is 0.115. The lowest BCUT2D eigenvalue weighted by Gasteiger charge is -2.37. The number of carbonyl (C=O) groups excluding carboxylic acids is 1. The summed E-state index contributed by atoms with van der Waals surface area (Å²) < 4.78 is 5.41. The third-order valence-corrected chi connectivity index (χ3v) is 3.96. The first-order chi connectivity index (χ1) is 9.90. The second-order valence-electron chi connectivity index (χ2n) is 5.53. The Morgan fingerprint density at radius 1 is 1.48 bits per heavy atom. The van der Waals surface area contributed by atoms with Crippen LogP contribution in [0.15, 0.2) is 24.3 Å². The molecular weight excluding hydrogens is 294 g/mol. The number of amides is 1. The van der Waals surface area contributed by atoms with E-state index < -0.39 is 11.4 Å². The molecule has 6 heteroatoms. The molecule has 0 radical (unpaired) electrons. The molecule has 0 spiro atoms. The Kier molecular flexibility index (Phi) is 4.73. The van der Waals surface area contributed by atoms with Crippen molar-refractivity contribution >= 4 is 23.5 Å². The summed E-state index contributed by atoms with van der Waals surface area (Å²) in [5.74, 6) is -0.549. The molecule has 1 atom stereocenters. The Balaban J connectivity index is 1.93. The molecule has 0 saturated carbocycles. The number of carbonyl (C=O) groups is 2. The van der Waals surface area contributed by atoms with Gasteiger partial charge in [0, 0.05) is 18.1 Å². The van der Waals surface area contributed by atoms with E-state index in [0.717, 1.165) is 0 Å². The Morgan fingerprint density at radius 3 is 2.90 bits per heavy atom. The molecule has 21 heavy (non-hydrogen) atoms. The minimum atomic E-state index is -0.871. The second kappa shape index (κ2) is 6.35. The molecule has 1 aromatic carbocycles. The van der Waals surface area contributed by atoms with Crippen LogP contribution in [-0.2, 0) is 9.59 Å². The second-order valence-corrected chi connectivity index (χ2v) is 5.97. The molecule has 114 valence electrons. The highest BCUT2D eigenvalue weighted by molar-refractivity contribution is 6.30. The van der Waals surface area contributed by atoms with Gasteiger partial charge in [-0.25, -0.2) is 0 Å². The fraction of sp³-hybridized carbons (Fsp3) is 0.467. The van der Waals surface area contributed by atoms with Crippen LogP contribution in [0.2, 0.25) is 5.02 Å². The number of halogens is 1. The van der Waals surface area contributed by atoms with E-state index in [-0.39, 0.29) is 19.1 Å². The Bertz CT molecular complexity index is 548. The zero-order valence-corrected chi connectivity index (χ0v) is 12.6. The van der Waals surface area contributed by atoms with Gasteiger partial charge in [0.1, 0.15) is 5.75 Å². The van der Waals surface area contributed by atoms with Crippen LogP contribution in [0.1, 0.15) is 19.8 Å². The maximum Gasteiger partial charge on any atom is 0.311 e. The highest BCUT2D eigenvalue weighted by atomic mass is 35.5. The number of aliphatic carboxylic acids is 1. The molecule has 1 saturated heterocycles. The number of hydrogen-bond donors (Lipinski definition) is 1. The standard InChI is InChI=1S/C15H18ClNO4/c1-15(14(19)20)6-3-7-17(10-15)13(18)9-21-12-5-2-4-11(16)8-12/h2,4-5,8H,3,6-7,9-10H2,1H3,(H,19,20). The van der Waals surface area contributed by atoms with Gasteiger partial charge in [0.15, 0.2) is 6.61 Å². The molecule has 0 aliphatic carbocycles. The van der Waals surface area contributed by atoms with Crippen LogP contribution in [0.5, 0.6) is 5.75 Å². The zero-order valence-electron chi connectivity index (χ0n) is 11.8. The topological polar surface area (TPSA) is 66.8 Å². The largest absolute Gasteiger partial charge is 0.484 e. The van der Waals surface area contributed by atoms with Gasteiger partial charge in [0.2, 0.25) is 0 Å². The normalized spacial score (nSPS) is 21.9. The van der Waals surface area contributed by atoms with Gasteiger partial charge in [0.05, 0.1) is 5.41 Å². The van der Waals surface area contributed by atoms with Crippen molar-refractivity contribution in [3.05, 3.63) is 29.3 Å². The van der Waals surface area contributed by atoms with Crippen LogP contribution in [0.25, 0.3) is 0 Å². The summed E-state index contributed by atoms with van der Waals surface area (Å²) in [4.78, 5) is 25.0. The first kappa shape index (κ1) is 15.6. The van der Waals surface area contributed by atoms with Crippen molar-refractivity contribution in [1.29, 1.82) is 0 Å². The summed E-state index contributed by atoms with van der Waals surface area (Å²) in [5.41, 5.74) is -0.871. The van der Waals surface area contributed by atoms with Gasteiger partial charge < -0.3 is 14.7 Å². The third kappa shape index (κ3) is 3.88. The van der Waals surface area contributed by atoms with Crippen molar-refractivity contribution in [3.63, 3.8) is 0 Å². The lowest BCUT2D eigenvalue weighted by molar-refractivity contribution is -0.153. The van der Waals surface area contributed by atoms with Crippen LogP contribution in [0.3, 0.4) is 0 Å². The monoisotopic (exact) mass is 311 g/mol. The van der Waals surface area contributed by atoms with Gasteiger partial charge in [-0.15, -0.1) is 0 Å². The molecule has 1 fully saturated rings. The van der Waals surface area contributed by atoms with Gasteiger partial charge >= 0.3 is 5.97 Å². The third-order valence-electron chi connectivity index (χ3n) is 3.72. The average Bonchev–Trinajstić information content (AvgIpc) is 2.45. The van der Waals surface area contributed by atoms with Gasteiger partial charge in [-0.05, 0) is 38.0 Å². The lowest BCUT2D eigenvalue weighted by Crippen LogP contribution is -2.49. The van der Waals surface area contributed by atoms with E-state index >= 15 is 0 Å². The minimum Gasteiger partial charge on any atom is -0.484 e. The van der Waals surface area contributed by atoms with Gasteiger partial charge in [0.25, 0.3) is 5.91 Å². The summed E-state index contributed by atoms with van der Waals surface area (Å²) in [5, 5.41) is 9.79. The number of nitrogens with zero attached hydrogens (tertiary/aromatic N) is 1. The fourth-order valence-electron chi connectivity index (χ4n) is 2.42. The van der Waals surface area contributed by atoms with Gasteiger partial charge in [-0.2, -0.15) is 0 Å². The molecule has 1 N–H and O–H groups in total. The van der Waals surface area contributed by atoms with Crippen molar-refractivity contribution in [3.8, 4) is 5.75 Å². The highest BCUT2D eigenvalue weighted by Crippen LogP contribution is 2.29. The van der Waals surface area contributed by atoms with Crippen LogP contribution in [-0.4, -0.2) is 41.6 Å². The van der Waals surface area contributed by atoms with E-state index in [2.05, 4.69) is 0 Å². The summed E-state index contributed by atoms with van der Waals surface area (Å²) in [7, 11) is 0. The molecule has 1 amide bonds. The Hall–Kier alpha value is -1.75. The number of carboxylic acid groups (broad SMARTS) is 1. The number of carboxylic acids is 1. The number of piperidine rings is 1. The average molecular weight is 312 g/mol. The summed E-state index contributed by atoms with van der Waals surface area (Å²) in [6.07, 6.45) is 1.27. The van der Waals surface area contributed by atoms with Gasteiger partial charge in [-0.3, -0.25) is 9.59 Å². The van der Waals surface area contributed by atoms with Crippen molar-refractivity contribution in [2.45, 2.75) is 19.8 Å². The van der Waals surface area contributed by atoms with Crippen molar-refractivity contribution in [2.24, 2.45) is 5.41 Å². The van der Waals surface area contributed by atoms with Crippen molar-refractivity contribution in [2.75, 3.05) is 19.7 Å². The maximum absolute atomic E-state index is 12.1. The number of benzene rings is 1. The molecule has 0 bridgehead atoms. The fourth-order valence-corrected chi connectivity index (χ4v) is 2.60. The van der Waals surface area contributed by atoms with E-state index in [9.17, 15) is 14.7 Å². The lowest BCUT2D eigenvalue weighted by atomic mass is 9.82. The van der Waals surface area contributed by atoms with Crippen LogP contribution < -0.4 is 4.74 Å². The molecule has 2 rings (SSSR count). The molecular formula is C15H18ClNO4. The summed E-state index contributed by atoms with van der Waals surface area (Å²) in [6.45, 7) is 2.35. The molecule has 1 aliphatic rings. The first-order valence-electron chi connectivity index (χ1n) is 6.80.